The summed E-state index contributed by atoms with van der Waals surface area (Å²) >= 11 is 0. The molecule has 0 aliphatic carbocycles. The Kier molecular flexibility index (Phi) is 4.08. The van der Waals surface area contributed by atoms with Gasteiger partial charge >= 0.3 is 5.97 Å². The first-order valence-corrected chi connectivity index (χ1v) is 5.17. The average molecular weight is 239 g/mol. The number of hydrogen-bond acceptors (Lipinski definition) is 7. The molecule has 0 aromatic carbocycles. The number of nitrogens with two attached hydrogens (primary N) is 2. The van der Waals surface area contributed by atoms with Gasteiger partial charge in [0.1, 0.15) is 18.2 Å². The molecule has 1 aromatic heterocycles. The predicted octanol–water partition coefficient (Wildman–Crippen LogP) is 0.0288. The van der Waals surface area contributed by atoms with Gasteiger partial charge in [0.05, 0.1) is 7.11 Å². The van der Waals surface area contributed by atoms with Gasteiger partial charge in [-0.15, -0.1) is 0 Å². The first kappa shape index (κ1) is 13.0. The maximum Gasteiger partial charge on any atom is 0.325 e. The summed E-state index contributed by atoms with van der Waals surface area (Å²) < 4.78 is 4.63. The third-order valence-electron chi connectivity index (χ3n) is 2.19. The van der Waals surface area contributed by atoms with Gasteiger partial charge in [0.15, 0.2) is 0 Å². The van der Waals surface area contributed by atoms with E-state index >= 15 is 0 Å². The van der Waals surface area contributed by atoms with Crippen LogP contribution in [0.15, 0.2) is 6.07 Å². The lowest BCUT2D eigenvalue weighted by Crippen LogP contribution is -2.37. The number of nitrogens with zero attached hydrogens (tertiary/aromatic N) is 3. The number of aromatic nitrogens is 2. The molecule has 0 amide bonds. The molecular formula is C10H17N5O2. The molecule has 0 bridgehead atoms. The maximum absolute atomic E-state index is 11.3. The molecule has 94 valence electrons. The van der Waals surface area contributed by atoms with E-state index in [0.29, 0.717) is 5.82 Å². The van der Waals surface area contributed by atoms with Gasteiger partial charge in [-0.25, -0.2) is 0 Å². The van der Waals surface area contributed by atoms with Crippen molar-refractivity contribution in [1.82, 2.24) is 9.97 Å². The minimum Gasteiger partial charge on any atom is -0.468 e. The Labute approximate surface area is 99.8 Å². The molecule has 1 aromatic rings. The molecule has 4 N–H and O–H groups in total. The fourth-order valence-electron chi connectivity index (χ4n) is 1.35. The molecule has 0 fully saturated rings. The summed E-state index contributed by atoms with van der Waals surface area (Å²) in [5.74, 6) is 0.503. The van der Waals surface area contributed by atoms with Gasteiger partial charge < -0.3 is 21.1 Å². The van der Waals surface area contributed by atoms with Crippen molar-refractivity contribution < 1.29 is 9.53 Å². The van der Waals surface area contributed by atoms with E-state index in [2.05, 4.69) is 14.7 Å². The number of carbonyl (C=O) groups excluding carboxylic acids is 1. The average Bonchev–Trinajstić information content (AvgIpc) is 2.23. The van der Waals surface area contributed by atoms with Crippen LogP contribution in [0.3, 0.4) is 0 Å². The van der Waals surface area contributed by atoms with E-state index in [1.807, 2.05) is 13.8 Å². The highest BCUT2D eigenvalue weighted by atomic mass is 16.5. The van der Waals surface area contributed by atoms with Crippen LogP contribution in [0.4, 0.5) is 17.6 Å². The normalized spacial score (nSPS) is 10.4. The van der Waals surface area contributed by atoms with Crippen molar-refractivity contribution in [2.24, 2.45) is 0 Å². The molecule has 0 spiro atoms. The number of nitrogen functional groups attached to an aromatic ring is 2. The van der Waals surface area contributed by atoms with E-state index in [-0.39, 0.29) is 30.3 Å². The van der Waals surface area contributed by atoms with Gasteiger partial charge in [0, 0.05) is 12.1 Å². The molecule has 0 unspecified atom stereocenters. The first-order valence-electron chi connectivity index (χ1n) is 5.17. The molecule has 17 heavy (non-hydrogen) atoms. The van der Waals surface area contributed by atoms with E-state index in [1.165, 1.54) is 7.11 Å². The van der Waals surface area contributed by atoms with Gasteiger partial charge in [-0.2, -0.15) is 9.97 Å². The molecule has 1 rings (SSSR count). The third kappa shape index (κ3) is 3.47. The van der Waals surface area contributed by atoms with Gasteiger partial charge in [-0.3, -0.25) is 4.79 Å². The fourth-order valence-corrected chi connectivity index (χ4v) is 1.35. The van der Waals surface area contributed by atoms with Crippen molar-refractivity contribution in [1.29, 1.82) is 0 Å². The van der Waals surface area contributed by atoms with E-state index in [9.17, 15) is 4.79 Å². The fraction of sp³-hybridized carbons (Fsp3) is 0.500. The highest BCUT2D eigenvalue weighted by molar-refractivity contribution is 5.75. The van der Waals surface area contributed by atoms with Crippen LogP contribution in [0, 0.1) is 0 Å². The Bertz CT molecular complexity index is 387. The van der Waals surface area contributed by atoms with Crippen LogP contribution >= 0.6 is 0 Å². The summed E-state index contributed by atoms with van der Waals surface area (Å²) in [6, 6.07) is 1.63. The smallest absolute Gasteiger partial charge is 0.325 e. The zero-order valence-electron chi connectivity index (χ0n) is 10.2. The third-order valence-corrected chi connectivity index (χ3v) is 2.19. The molecule has 0 aliphatic heterocycles. The minimum absolute atomic E-state index is 0.0581. The molecule has 0 aliphatic rings. The van der Waals surface area contributed by atoms with Crippen molar-refractivity contribution in [3.8, 4) is 0 Å². The number of rotatable bonds is 4. The van der Waals surface area contributed by atoms with Gasteiger partial charge in [-0.1, -0.05) is 0 Å². The summed E-state index contributed by atoms with van der Waals surface area (Å²) in [4.78, 5) is 20.9. The Balaban J connectivity index is 3.01. The van der Waals surface area contributed by atoms with Gasteiger partial charge in [-0.05, 0) is 13.8 Å². The molecule has 0 saturated carbocycles. The van der Waals surface area contributed by atoms with Crippen LogP contribution in [0.5, 0.6) is 0 Å². The monoisotopic (exact) mass is 239 g/mol. The summed E-state index contributed by atoms with van der Waals surface area (Å²) in [7, 11) is 1.34. The summed E-state index contributed by atoms with van der Waals surface area (Å²) in [6.07, 6.45) is 0. The Morgan fingerprint density at radius 1 is 1.47 bits per heavy atom. The van der Waals surface area contributed by atoms with Crippen LogP contribution in [-0.2, 0) is 9.53 Å². The molecule has 0 atom stereocenters. The number of anilines is 3. The topological polar surface area (TPSA) is 107 Å². The molecular weight excluding hydrogens is 222 g/mol. The number of hydrogen-bond donors (Lipinski definition) is 2. The Morgan fingerprint density at radius 3 is 2.59 bits per heavy atom. The van der Waals surface area contributed by atoms with Crippen molar-refractivity contribution in [3.05, 3.63) is 6.07 Å². The zero-order chi connectivity index (χ0) is 13.0. The lowest BCUT2D eigenvalue weighted by atomic mass is 10.3. The first-order chi connectivity index (χ1) is 7.93. The SMILES string of the molecule is COC(=O)CN(c1cc(N)nc(N)n1)C(C)C. The van der Waals surface area contributed by atoms with E-state index in [4.69, 9.17) is 11.5 Å². The van der Waals surface area contributed by atoms with Crippen molar-refractivity contribution in [2.45, 2.75) is 19.9 Å². The Morgan fingerprint density at radius 2 is 2.12 bits per heavy atom. The zero-order valence-corrected chi connectivity index (χ0v) is 10.2. The van der Waals surface area contributed by atoms with E-state index < -0.39 is 0 Å². The summed E-state index contributed by atoms with van der Waals surface area (Å²) in [6.45, 7) is 3.94. The number of esters is 1. The molecule has 7 nitrogen and oxygen atoms in total. The largest absolute Gasteiger partial charge is 0.468 e. The second kappa shape index (κ2) is 5.33. The molecule has 0 saturated heterocycles. The standard InChI is InChI=1S/C10H17N5O2/c1-6(2)15(5-9(16)17-3)8-4-7(11)13-10(12)14-8/h4,6H,5H2,1-3H3,(H4,11,12,13,14). The lowest BCUT2D eigenvalue weighted by molar-refractivity contribution is -0.139. The second-order valence-corrected chi connectivity index (χ2v) is 3.81. The molecule has 1 heterocycles. The van der Waals surface area contributed by atoms with E-state index in [1.54, 1.807) is 11.0 Å². The maximum atomic E-state index is 11.3. The second-order valence-electron chi connectivity index (χ2n) is 3.81. The van der Waals surface area contributed by atoms with Crippen molar-refractivity contribution in [3.63, 3.8) is 0 Å². The van der Waals surface area contributed by atoms with Gasteiger partial charge in [0.2, 0.25) is 5.95 Å². The lowest BCUT2D eigenvalue weighted by Gasteiger charge is -2.26. The predicted molar refractivity (Wildman–Crippen MR) is 65.4 cm³/mol. The van der Waals surface area contributed by atoms with Gasteiger partial charge in [0.25, 0.3) is 0 Å². The van der Waals surface area contributed by atoms with Crippen molar-refractivity contribution in [2.75, 3.05) is 30.0 Å². The summed E-state index contributed by atoms with van der Waals surface area (Å²) in [5, 5.41) is 0. The number of carbonyl (C=O) groups is 1. The highest BCUT2D eigenvalue weighted by Crippen LogP contribution is 2.17. The minimum atomic E-state index is -0.352. The quantitative estimate of drug-likeness (QED) is 0.713. The molecule has 7 heteroatoms. The number of methoxy groups -OCH3 is 1. The van der Waals surface area contributed by atoms with E-state index in [0.717, 1.165) is 0 Å². The van der Waals surface area contributed by atoms with Crippen LogP contribution in [0.1, 0.15) is 13.8 Å². The summed E-state index contributed by atoms with van der Waals surface area (Å²) in [5.41, 5.74) is 11.1. The Hall–Kier alpha value is -2.05. The highest BCUT2D eigenvalue weighted by Gasteiger charge is 2.17. The van der Waals surface area contributed by atoms with Crippen molar-refractivity contribution >= 4 is 23.6 Å². The van der Waals surface area contributed by atoms with Crippen LogP contribution < -0.4 is 16.4 Å². The molecule has 0 radical (unpaired) electrons. The van der Waals surface area contributed by atoms with Crippen LogP contribution in [-0.4, -0.2) is 35.6 Å². The number of ether oxygens (including phenoxy) is 1. The van der Waals surface area contributed by atoms with Crippen LogP contribution in [0.2, 0.25) is 0 Å². The van der Waals surface area contributed by atoms with Crippen LogP contribution in [0.25, 0.3) is 0 Å².